The normalized spacial score (nSPS) is 20.3. The number of amides is 2. The fourth-order valence-electron chi connectivity index (χ4n) is 5.22. The van der Waals surface area contributed by atoms with E-state index in [2.05, 4.69) is 5.32 Å². The molecule has 0 aliphatic carbocycles. The zero-order valence-electron chi connectivity index (χ0n) is 22.7. The molecule has 0 spiro atoms. The summed E-state index contributed by atoms with van der Waals surface area (Å²) in [6.07, 6.45) is -10.1. The summed E-state index contributed by atoms with van der Waals surface area (Å²) in [7, 11) is 0. The molecule has 1 heterocycles. The Morgan fingerprint density at radius 3 is 2.00 bits per heavy atom. The summed E-state index contributed by atoms with van der Waals surface area (Å²) in [6, 6.07) is 6.41. The van der Waals surface area contributed by atoms with Gasteiger partial charge in [0.2, 0.25) is 11.8 Å². The number of nitrogens with one attached hydrogen (secondary N) is 1. The second-order valence-corrected chi connectivity index (χ2v) is 10.4. The fraction of sp³-hybridized carbons (Fsp3) is 0.500. The van der Waals surface area contributed by atoms with Crippen molar-refractivity contribution in [3.63, 3.8) is 0 Å². The lowest BCUT2D eigenvalue weighted by atomic mass is 9.76. The molecule has 2 aromatic rings. The molecule has 1 aliphatic rings. The number of aryl methyl sites for hydroxylation is 2. The first-order valence-corrected chi connectivity index (χ1v) is 12.6. The smallest absolute Gasteiger partial charge is 0.325 e. The average Bonchev–Trinajstić information content (AvgIpc) is 3.07. The molecule has 1 fully saturated rings. The maximum Gasteiger partial charge on any atom is 0.416 e. The molecule has 0 radical (unpaired) electrons. The fourth-order valence-corrected chi connectivity index (χ4v) is 5.22. The number of anilines is 2. The third kappa shape index (κ3) is 6.08. The molecule has 3 rings (SSSR count). The van der Waals surface area contributed by atoms with Crippen LogP contribution >= 0.6 is 0 Å². The van der Waals surface area contributed by atoms with Gasteiger partial charge in [-0.3, -0.25) is 9.59 Å². The Hall–Kier alpha value is -3.08. The van der Waals surface area contributed by atoms with Gasteiger partial charge in [0.25, 0.3) is 0 Å². The van der Waals surface area contributed by atoms with Crippen molar-refractivity contribution >= 4 is 23.2 Å². The molecule has 11 heteroatoms. The number of carbonyl (C=O) groups excluding carboxylic acids is 2. The van der Waals surface area contributed by atoms with Gasteiger partial charge in [-0.25, -0.2) is 0 Å². The second-order valence-electron chi connectivity index (χ2n) is 10.4. The SMILES string of the molecule is CCN(C[C@@]1(C(=O)Nc2cc(C(F)(F)F)cc(C(F)(F)F)c2)CN(c2c(C)cccc2C)C(=O)C1C)C(C)C. The molecule has 1 unspecified atom stereocenters. The highest BCUT2D eigenvalue weighted by atomic mass is 19.4. The zero-order chi connectivity index (χ0) is 29.5. The molecular weight excluding hydrogens is 524 g/mol. The molecule has 2 atom stereocenters. The number of hydrogen-bond donors (Lipinski definition) is 1. The van der Waals surface area contributed by atoms with Crippen LogP contribution in [0.5, 0.6) is 0 Å². The number of hydrogen-bond acceptors (Lipinski definition) is 3. The van der Waals surface area contributed by atoms with Gasteiger partial charge in [0.05, 0.1) is 22.5 Å². The molecule has 2 aromatic carbocycles. The quantitative estimate of drug-likeness (QED) is 0.387. The molecule has 0 saturated carbocycles. The monoisotopic (exact) mass is 557 g/mol. The molecule has 0 aromatic heterocycles. The lowest BCUT2D eigenvalue weighted by Gasteiger charge is -2.37. The van der Waals surface area contributed by atoms with Crippen molar-refractivity contribution in [1.29, 1.82) is 0 Å². The minimum atomic E-state index is -5.06. The van der Waals surface area contributed by atoms with E-state index in [9.17, 15) is 35.9 Å². The zero-order valence-corrected chi connectivity index (χ0v) is 22.7. The van der Waals surface area contributed by atoms with E-state index >= 15 is 0 Å². The maximum absolute atomic E-state index is 14.0. The predicted molar refractivity (Wildman–Crippen MR) is 137 cm³/mol. The van der Waals surface area contributed by atoms with E-state index in [4.69, 9.17) is 0 Å². The Kier molecular flexibility index (Phi) is 8.46. The molecule has 214 valence electrons. The minimum Gasteiger partial charge on any atom is -0.325 e. The van der Waals surface area contributed by atoms with E-state index in [-0.39, 0.29) is 31.1 Å². The predicted octanol–water partition coefficient (Wildman–Crippen LogP) is 6.68. The van der Waals surface area contributed by atoms with Gasteiger partial charge in [0.15, 0.2) is 0 Å². The van der Waals surface area contributed by atoms with Crippen LogP contribution in [-0.4, -0.2) is 42.4 Å². The number of alkyl halides is 6. The lowest BCUT2D eigenvalue weighted by molar-refractivity contribution is -0.143. The number of benzene rings is 2. The van der Waals surface area contributed by atoms with Gasteiger partial charge < -0.3 is 15.1 Å². The van der Waals surface area contributed by atoms with Gasteiger partial charge in [-0.1, -0.05) is 32.0 Å². The molecule has 1 N–H and O–H groups in total. The van der Waals surface area contributed by atoms with Crippen LogP contribution in [0, 0.1) is 25.2 Å². The van der Waals surface area contributed by atoms with Crippen LogP contribution in [0.15, 0.2) is 36.4 Å². The first-order chi connectivity index (χ1) is 17.9. The highest BCUT2D eigenvalue weighted by molar-refractivity contribution is 6.08. The molecule has 39 heavy (non-hydrogen) atoms. The Balaban J connectivity index is 2.13. The third-order valence-corrected chi connectivity index (χ3v) is 7.53. The first kappa shape index (κ1) is 30.5. The minimum absolute atomic E-state index is 0.00736. The third-order valence-electron chi connectivity index (χ3n) is 7.53. The van der Waals surface area contributed by atoms with Crippen molar-refractivity contribution < 1.29 is 35.9 Å². The van der Waals surface area contributed by atoms with Crippen LogP contribution in [0.4, 0.5) is 37.7 Å². The van der Waals surface area contributed by atoms with Crippen molar-refractivity contribution in [2.24, 2.45) is 11.3 Å². The van der Waals surface area contributed by atoms with Crippen molar-refractivity contribution in [3.8, 4) is 0 Å². The summed E-state index contributed by atoms with van der Waals surface area (Å²) in [5.41, 5.74) is -2.93. The second kappa shape index (κ2) is 10.8. The van der Waals surface area contributed by atoms with E-state index in [0.29, 0.717) is 24.4 Å². The Morgan fingerprint density at radius 1 is 1.05 bits per heavy atom. The van der Waals surface area contributed by atoms with Crippen LogP contribution in [0.2, 0.25) is 0 Å². The van der Waals surface area contributed by atoms with Crippen LogP contribution in [0.25, 0.3) is 0 Å². The van der Waals surface area contributed by atoms with E-state index in [1.54, 1.807) is 6.92 Å². The number of halogens is 6. The van der Waals surface area contributed by atoms with Crippen LogP contribution < -0.4 is 10.2 Å². The van der Waals surface area contributed by atoms with Crippen molar-refractivity contribution in [2.45, 2.75) is 59.9 Å². The molecular formula is C28H33F6N3O2. The topological polar surface area (TPSA) is 52.7 Å². The Morgan fingerprint density at radius 2 is 1.56 bits per heavy atom. The van der Waals surface area contributed by atoms with Crippen molar-refractivity contribution in [2.75, 3.05) is 29.9 Å². The highest BCUT2D eigenvalue weighted by Gasteiger charge is 2.56. The van der Waals surface area contributed by atoms with E-state index in [1.807, 2.05) is 57.7 Å². The standard InChI is InChI=1S/C28H33F6N3O2/c1-7-36(16(2)3)14-26(15-37(24(38)19(26)6)23-17(4)9-8-10-18(23)5)25(39)35-22-12-20(27(29,30)31)11-21(13-22)28(32,33)34/h8-13,16,19H,7,14-15H2,1-6H3,(H,35,39)/t19?,26-/m1/s1. The van der Waals surface area contributed by atoms with Gasteiger partial charge in [0, 0.05) is 30.5 Å². The summed E-state index contributed by atoms with van der Waals surface area (Å²) in [6.45, 7) is 11.4. The van der Waals surface area contributed by atoms with Crippen LogP contribution in [-0.2, 0) is 21.9 Å². The van der Waals surface area contributed by atoms with Gasteiger partial charge >= 0.3 is 12.4 Å². The maximum atomic E-state index is 14.0. The molecule has 0 bridgehead atoms. The average molecular weight is 558 g/mol. The summed E-state index contributed by atoms with van der Waals surface area (Å²) >= 11 is 0. The van der Waals surface area contributed by atoms with Gasteiger partial charge in [0.1, 0.15) is 0 Å². The summed E-state index contributed by atoms with van der Waals surface area (Å²) in [4.78, 5) is 31.0. The van der Waals surface area contributed by atoms with Gasteiger partial charge in [-0.15, -0.1) is 0 Å². The highest BCUT2D eigenvalue weighted by Crippen LogP contribution is 2.44. The van der Waals surface area contributed by atoms with Gasteiger partial charge in [-0.2, -0.15) is 26.3 Å². The van der Waals surface area contributed by atoms with Crippen LogP contribution in [0.3, 0.4) is 0 Å². The Labute approximate surface area is 224 Å². The molecule has 1 saturated heterocycles. The largest absolute Gasteiger partial charge is 0.416 e. The number of nitrogens with zero attached hydrogens (tertiary/aromatic N) is 2. The van der Waals surface area contributed by atoms with Gasteiger partial charge in [-0.05, 0) is 63.6 Å². The van der Waals surface area contributed by atoms with Crippen molar-refractivity contribution in [1.82, 2.24) is 4.90 Å². The first-order valence-electron chi connectivity index (χ1n) is 12.6. The molecule has 2 amide bonds. The van der Waals surface area contributed by atoms with E-state index in [0.717, 1.165) is 11.1 Å². The number of para-hydroxylation sites is 1. The molecule has 1 aliphatic heterocycles. The Bertz CT molecular complexity index is 1190. The number of rotatable bonds is 7. The summed E-state index contributed by atoms with van der Waals surface area (Å²) in [5.74, 6) is -2.07. The van der Waals surface area contributed by atoms with Crippen LogP contribution in [0.1, 0.15) is 49.9 Å². The molecule has 5 nitrogen and oxygen atoms in total. The lowest BCUT2D eigenvalue weighted by Crippen LogP contribution is -2.52. The van der Waals surface area contributed by atoms with Crippen molar-refractivity contribution in [3.05, 3.63) is 58.7 Å². The summed E-state index contributed by atoms with van der Waals surface area (Å²) < 4.78 is 80.7. The number of carbonyl (C=O) groups is 2. The van der Waals surface area contributed by atoms with E-state index in [1.165, 1.54) is 4.90 Å². The van der Waals surface area contributed by atoms with E-state index < -0.39 is 46.4 Å². The summed E-state index contributed by atoms with van der Waals surface area (Å²) in [5, 5.41) is 2.33.